The number of rotatable bonds is 8. The quantitative estimate of drug-likeness (QED) is 0.147. The molecule has 0 amide bonds. The standard InChI is InChI=1S/C74H100O6S/c1-44(2)81-25-24-80-68-55-30-53-40-60(72(12,13)14)38-51(66(53)78-22)28-47-34-57(69(3,4)5)32-45(63(47)75)26-49-36-59(71(9,10)11)37-50(65(49)77-21)27-46-33-58(70(6,7)8)35-48(64(46)76)29-52-39-61(73(15,16)17)41-54(67(52)79-23)31-56(68)43-62(42-55)74(18,19)20/h32-44,75-76H,24-31H2,1-23H3. The summed E-state index contributed by atoms with van der Waals surface area (Å²) in [6.07, 6.45) is 2.90. The van der Waals surface area contributed by atoms with Crippen LogP contribution in [0, 0.1) is 0 Å². The molecule has 2 N–H and O–H groups in total. The number of hydrogen-bond acceptors (Lipinski definition) is 7. The van der Waals surface area contributed by atoms with Gasteiger partial charge in [-0.05, 0) is 138 Å². The van der Waals surface area contributed by atoms with Gasteiger partial charge in [0.2, 0.25) is 0 Å². The third-order valence-corrected chi connectivity index (χ3v) is 17.5. The average Bonchev–Trinajstić information content (AvgIpc) is 3.35. The maximum atomic E-state index is 12.9. The highest BCUT2D eigenvalue weighted by atomic mass is 32.2. The van der Waals surface area contributed by atoms with Crippen LogP contribution in [0.2, 0.25) is 0 Å². The van der Waals surface area contributed by atoms with Gasteiger partial charge in [-0.1, -0.05) is 211 Å². The molecule has 12 bridgehead atoms. The summed E-state index contributed by atoms with van der Waals surface area (Å²) < 4.78 is 27.0. The first kappa shape index (κ1) is 63.1. The highest BCUT2D eigenvalue weighted by Crippen LogP contribution is 2.46. The van der Waals surface area contributed by atoms with E-state index in [0.29, 0.717) is 50.4 Å². The summed E-state index contributed by atoms with van der Waals surface area (Å²) in [5.74, 6) is 4.69. The van der Waals surface area contributed by atoms with Gasteiger partial charge in [-0.15, -0.1) is 0 Å². The number of thioether (sulfide) groups is 1. The second-order valence-corrected chi connectivity index (χ2v) is 31.4. The molecule has 6 aromatic rings. The molecule has 0 radical (unpaired) electrons. The van der Waals surface area contributed by atoms with Crippen LogP contribution in [0.5, 0.6) is 34.5 Å². The van der Waals surface area contributed by atoms with E-state index in [1.165, 1.54) is 16.7 Å². The summed E-state index contributed by atoms with van der Waals surface area (Å²) in [5.41, 5.74) is 17.5. The molecular weight excluding hydrogens is 1020 g/mol. The van der Waals surface area contributed by atoms with Gasteiger partial charge in [0.15, 0.2) is 0 Å². The fourth-order valence-corrected chi connectivity index (χ4v) is 12.0. The van der Waals surface area contributed by atoms with Crippen LogP contribution in [0.15, 0.2) is 72.8 Å². The molecule has 0 saturated carbocycles. The molecule has 81 heavy (non-hydrogen) atoms. The summed E-state index contributed by atoms with van der Waals surface area (Å²) in [4.78, 5) is 0. The van der Waals surface area contributed by atoms with E-state index >= 15 is 0 Å². The second-order valence-electron chi connectivity index (χ2n) is 29.7. The van der Waals surface area contributed by atoms with E-state index in [2.05, 4.69) is 211 Å². The summed E-state index contributed by atoms with van der Waals surface area (Å²) in [7, 11) is 5.33. The van der Waals surface area contributed by atoms with Crippen LogP contribution < -0.4 is 18.9 Å². The molecule has 0 atom stereocenters. The number of phenols is 2. The van der Waals surface area contributed by atoms with E-state index in [1.807, 2.05) is 11.8 Å². The van der Waals surface area contributed by atoms with Crippen molar-refractivity contribution >= 4 is 11.8 Å². The SMILES string of the molecule is COc1c2cc(C(C)(C)C)cc1Cc1cc(C(C)(C)C)cc(c1O)Cc1cc(C(C)(C)C)cc(c1OC)Cc1cc(C(C)(C)C)cc(c1OCCSC(C)C)Cc1cc(C(C)(C)C)cc(c1OC)Cc1cc(C(C)(C)C)cc(c1O)C2. The smallest absolute Gasteiger partial charge is 0.126 e. The average molecular weight is 1120 g/mol. The second kappa shape index (κ2) is 23.6. The third-order valence-electron chi connectivity index (χ3n) is 16.4. The Morgan fingerprint density at radius 1 is 0.333 bits per heavy atom. The Morgan fingerprint density at radius 3 is 0.704 bits per heavy atom. The first-order chi connectivity index (χ1) is 37.4. The number of methoxy groups -OCH3 is 3. The molecule has 7 rings (SSSR count). The van der Waals surface area contributed by atoms with Gasteiger partial charge < -0.3 is 29.2 Å². The highest BCUT2D eigenvalue weighted by Gasteiger charge is 2.30. The minimum Gasteiger partial charge on any atom is -0.507 e. The molecule has 1 aliphatic rings. The van der Waals surface area contributed by atoms with E-state index in [1.54, 1.807) is 21.3 Å². The Bertz CT molecular complexity index is 3070. The molecule has 0 heterocycles. The molecule has 0 saturated heterocycles. The maximum Gasteiger partial charge on any atom is 0.126 e. The van der Waals surface area contributed by atoms with Crippen molar-refractivity contribution in [1.82, 2.24) is 0 Å². The number of fused-ring (bicyclic) bond motifs is 12. The Morgan fingerprint density at radius 2 is 0.519 bits per heavy atom. The van der Waals surface area contributed by atoms with E-state index in [0.717, 1.165) is 112 Å². The predicted octanol–water partition coefficient (Wildman–Crippen LogP) is 18.3. The van der Waals surface area contributed by atoms with E-state index in [4.69, 9.17) is 18.9 Å². The van der Waals surface area contributed by atoms with Crippen LogP contribution >= 0.6 is 11.8 Å². The predicted molar refractivity (Wildman–Crippen MR) is 344 cm³/mol. The molecule has 0 aliphatic heterocycles. The van der Waals surface area contributed by atoms with E-state index in [-0.39, 0.29) is 44.0 Å². The third kappa shape index (κ3) is 14.6. The summed E-state index contributed by atoms with van der Waals surface area (Å²) in [5, 5.41) is 26.2. The monoisotopic (exact) mass is 1120 g/mol. The molecule has 438 valence electrons. The van der Waals surface area contributed by atoms with E-state index in [9.17, 15) is 10.2 Å². The van der Waals surface area contributed by atoms with Gasteiger partial charge in [0, 0.05) is 44.3 Å². The van der Waals surface area contributed by atoms with Crippen LogP contribution in [0.1, 0.15) is 239 Å². The lowest BCUT2D eigenvalue weighted by atomic mass is 9.79. The minimum atomic E-state index is -0.226. The minimum absolute atomic E-state index is 0.192. The summed E-state index contributed by atoms with van der Waals surface area (Å²) in [6, 6.07) is 27.4. The normalized spacial score (nSPS) is 13.9. The lowest BCUT2D eigenvalue weighted by Crippen LogP contribution is -2.17. The Kier molecular flexibility index (Phi) is 18.4. The van der Waals surface area contributed by atoms with Gasteiger partial charge in [0.25, 0.3) is 0 Å². The van der Waals surface area contributed by atoms with Gasteiger partial charge in [-0.3, -0.25) is 0 Å². The maximum absolute atomic E-state index is 12.9. The Hall–Kier alpha value is -5.53. The van der Waals surface area contributed by atoms with Crippen LogP contribution in [-0.4, -0.2) is 49.2 Å². The fourth-order valence-electron chi connectivity index (χ4n) is 11.4. The first-order valence-corrected chi connectivity index (χ1v) is 30.7. The molecular formula is C74H100O6S. The van der Waals surface area contributed by atoms with Crippen molar-refractivity contribution in [3.8, 4) is 34.5 Å². The Balaban J connectivity index is 1.64. The fraction of sp³-hybridized carbons (Fsp3) is 0.514. The lowest BCUT2D eigenvalue weighted by molar-refractivity contribution is 0.336. The van der Waals surface area contributed by atoms with Gasteiger partial charge in [-0.2, -0.15) is 11.8 Å². The zero-order valence-corrected chi connectivity index (χ0v) is 54.9. The van der Waals surface area contributed by atoms with E-state index < -0.39 is 0 Å². The summed E-state index contributed by atoms with van der Waals surface area (Å²) >= 11 is 1.91. The highest BCUT2D eigenvalue weighted by molar-refractivity contribution is 7.99. The topological polar surface area (TPSA) is 77.4 Å². The van der Waals surface area contributed by atoms with Crippen molar-refractivity contribution in [2.24, 2.45) is 0 Å². The van der Waals surface area contributed by atoms with Gasteiger partial charge >= 0.3 is 0 Å². The van der Waals surface area contributed by atoms with Crippen molar-refractivity contribution in [1.29, 1.82) is 0 Å². The molecule has 1 aliphatic carbocycles. The molecule has 6 nitrogen and oxygen atoms in total. The van der Waals surface area contributed by atoms with Gasteiger partial charge in [0.1, 0.15) is 34.5 Å². The zero-order valence-electron chi connectivity index (χ0n) is 54.1. The molecule has 0 spiro atoms. The van der Waals surface area contributed by atoms with Crippen LogP contribution in [0.4, 0.5) is 0 Å². The summed E-state index contributed by atoms with van der Waals surface area (Å²) in [6.45, 7) is 45.8. The molecule has 0 fully saturated rings. The number of phenolic OH excluding ortho intramolecular Hbond substituents is 2. The lowest BCUT2D eigenvalue weighted by Gasteiger charge is -2.28. The largest absolute Gasteiger partial charge is 0.507 e. The van der Waals surface area contributed by atoms with Crippen molar-refractivity contribution in [2.75, 3.05) is 33.7 Å². The van der Waals surface area contributed by atoms with Crippen LogP contribution in [0.25, 0.3) is 0 Å². The first-order valence-electron chi connectivity index (χ1n) is 29.6. The molecule has 6 aromatic carbocycles. The molecule has 0 unspecified atom stereocenters. The van der Waals surface area contributed by atoms with Crippen LogP contribution in [0.3, 0.4) is 0 Å². The molecule has 0 aromatic heterocycles. The number of ether oxygens (including phenoxy) is 4. The van der Waals surface area contributed by atoms with Gasteiger partial charge in [0.05, 0.1) is 27.9 Å². The van der Waals surface area contributed by atoms with Crippen molar-refractivity contribution < 1.29 is 29.2 Å². The van der Waals surface area contributed by atoms with Crippen molar-refractivity contribution in [3.05, 3.63) is 173 Å². The van der Waals surface area contributed by atoms with Crippen molar-refractivity contribution in [2.45, 2.75) is 215 Å². The van der Waals surface area contributed by atoms with Crippen molar-refractivity contribution in [3.63, 3.8) is 0 Å². The Labute approximate surface area is 494 Å². The molecule has 7 heteroatoms. The zero-order chi connectivity index (χ0) is 60.1. The number of benzene rings is 6. The number of hydrogen-bond donors (Lipinski definition) is 2. The van der Waals surface area contributed by atoms with Gasteiger partial charge in [-0.25, -0.2) is 0 Å². The van der Waals surface area contributed by atoms with Crippen LogP contribution in [-0.2, 0) is 71.0 Å². The number of aromatic hydroxyl groups is 2.